The maximum Gasteiger partial charge on any atom is 0.193 e. The molecular weight excluding hydrogens is 371 g/mol. The minimum Gasteiger partial charge on any atom is -0.289 e. The molecule has 102 valence electrons. The van der Waals surface area contributed by atoms with E-state index < -0.39 is 0 Å². The lowest BCUT2D eigenvalue weighted by Gasteiger charge is -2.05. The van der Waals surface area contributed by atoms with E-state index in [-0.39, 0.29) is 5.78 Å². The third kappa shape index (κ3) is 3.22. The summed E-state index contributed by atoms with van der Waals surface area (Å²) in [5.41, 5.74) is 3.72. The fourth-order valence-corrected chi connectivity index (χ4v) is 2.57. The summed E-state index contributed by atoms with van der Waals surface area (Å²) in [4.78, 5) is 12.3. The summed E-state index contributed by atoms with van der Waals surface area (Å²) in [5, 5.41) is 0. The van der Waals surface area contributed by atoms with Crippen LogP contribution in [-0.2, 0) is 0 Å². The molecule has 0 radical (unpaired) electrons. The van der Waals surface area contributed by atoms with Gasteiger partial charge < -0.3 is 0 Å². The van der Waals surface area contributed by atoms with Crippen LogP contribution in [0.5, 0.6) is 0 Å². The van der Waals surface area contributed by atoms with Crippen molar-refractivity contribution in [2.75, 3.05) is 0 Å². The summed E-state index contributed by atoms with van der Waals surface area (Å²) in [6, 6.07) is 25.5. The van der Waals surface area contributed by atoms with Crippen LogP contribution in [-0.4, -0.2) is 5.78 Å². The lowest BCUT2D eigenvalue weighted by atomic mass is 9.99. The Morgan fingerprint density at radius 3 is 1.67 bits per heavy atom. The van der Waals surface area contributed by atoms with Gasteiger partial charge in [0.25, 0.3) is 0 Å². The Morgan fingerprint density at radius 2 is 1.10 bits per heavy atom. The number of ketones is 1. The van der Waals surface area contributed by atoms with Gasteiger partial charge in [0.05, 0.1) is 0 Å². The van der Waals surface area contributed by atoms with Crippen molar-refractivity contribution >= 4 is 28.4 Å². The SMILES string of the molecule is O=C(c1ccccc1)c1ccc(-c2ccc(I)cc2)cc1. The van der Waals surface area contributed by atoms with Crippen LogP contribution in [0.25, 0.3) is 11.1 Å². The van der Waals surface area contributed by atoms with Crippen molar-refractivity contribution < 1.29 is 4.79 Å². The predicted octanol–water partition coefficient (Wildman–Crippen LogP) is 5.19. The molecular formula is C19H13IO. The number of hydrogen-bond donors (Lipinski definition) is 0. The van der Waals surface area contributed by atoms with E-state index >= 15 is 0 Å². The number of benzene rings is 3. The van der Waals surface area contributed by atoms with E-state index in [9.17, 15) is 4.79 Å². The van der Waals surface area contributed by atoms with Crippen LogP contribution in [0.4, 0.5) is 0 Å². The summed E-state index contributed by atoms with van der Waals surface area (Å²) in [7, 11) is 0. The highest BCUT2D eigenvalue weighted by Gasteiger charge is 2.08. The van der Waals surface area contributed by atoms with Crippen LogP contribution in [0.3, 0.4) is 0 Å². The van der Waals surface area contributed by atoms with E-state index in [1.807, 2.05) is 54.6 Å². The van der Waals surface area contributed by atoms with Crippen molar-refractivity contribution in [3.8, 4) is 11.1 Å². The van der Waals surface area contributed by atoms with Gasteiger partial charge in [0, 0.05) is 14.7 Å². The normalized spacial score (nSPS) is 10.3. The van der Waals surface area contributed by atoms with Crippen LogP contribution in [0.2, 0.25) is 0 Å². The van der Waals surface area contributed by atoms with Crippen molar-refractivity contribution in [1.82, 2.24) is 0 Å². The highest BCUT2D eigenvalue weighted by Crippen LogP contribution is 2.21. The van der Waals surface area contributed by atoms with Gasteiger partial charge in [-0.3, -0.25) is 4.79 Å². The first-order chi connectivity index (χ1) is 10.2. The second-order valence-electron chi connectivity index (χ2n) is 4.78. The van der Waals surface area contributed by atoms with Gasteiger partial charge in [-0.2, -0.15) is 0 Å². The molecule has 3 rings (SSSR count). The first kappa shape index (κ1) is 14.0. The number of rotatable bonds is 3. The molecule has 0 amide bonds. The van der Waals surface area contributed by atoms with Gasteiger partial charge >= 0.3 is 0 Å². The van der Waals surface area contributed by atoms with E-state index in [2.05, 4.69) is 46.9 Å². The highest BCUT2D eigenvalue weighted by atomic mass is 127. The van der Waals surface area contributed by atoms with Crippen molar-refractivity contribution in [3.05, 3.63) is 93.6 Å². The third-order valence-corrected chi connectivity index (χ3v) is 4.08. The standard InChI is InChI=1S/C19H13IO/c20-18-12-10-15(11-13-18)14-6-8-17(9-7-14)19(21)16-4-2-1-3-5-16/h1-13H. The summed E-state index contributed by atoms with van der Waals surface area (Å²) in [6.45, 7) is 0. The fourth-order valence-electron chi connectivity index (χ4n) is 2.21. The van der Waals surface area contributed by atoms with Gasteiger partial charge in [-0.15, -0.1) is 0 Å². The van der Waals surface area contributed by atoms with Crippen LogP contribution in [0.15, 0.2) is 78.9 Å². The zero-order valence-corrected chi connectivity index (χ0v) is 13.4. The first-order valence-electron chi connectivity index (χ1n) is 6.70. The molecule has 0 saturated heterocycles. The molecule has 1 nitrogen and oxygen atoms in total. The Hall–Kier alpha value is -1.94. The first-order valence-corrected chi connectivity index (χ1v) is 7.78. The van der Waals surface area contributed by atoms with Crippen molar-refractivity contribution in [3.63, 3.8) is 0 Å². The van der Waals surface area contributed by atoms with Gasteiger partial charge in [-0.25, -0.2) is 0 Å². The van der Waals surface area contributed by atoms with E-state index in [0.29, 0.717) is 0 Å². The number of halogens is 1. The molecule has 0 heterocycles. The Kier molecular flexibility index (Phi) is 4.15. The zero-order valence-electron chi connectivity index (χ0n) is 11.3. The van der Waals surface area contributed by atoms with Gasteiger partial charge in [0.2, 0.25) is 0 Å². The Labute approximate surface area is 137 Å². The molecule has 0 aliphatic carbocycles. The van der Waals surface area contributed by atoms with Gasteiger partial charge in [-0.1, -0.05) is 66.7 Å². The molecule has 3 aromatic rings. The minimum absolute atomic E-state index is 0.0600. The lowest BCUT2D eigenvalue weighted by Crippen LogP contribution is -2.00. The largest absolute Gasteiger partial charge is 0.289 e. The van der Waals surface area contributed by atoms with Crippen LogP contribution in [0.1, 0.15) is 15.9 Å². The molecule has 0 N–H and O–H groups in total. The van der Waals surface area contributed by atoms with E-state index in [4.69, 9.17) is 0 Å². The zero-order chi connectivity index (χ0) is 14.7. The summed E-state index contributed by atoms with van der Waals surface area (Å²) in [5.74, 6) is 0.0600. The fraction of sp³-hybridized carbons (Fsp3) is 0. The third-order valence-electron chi connectivity index (χ3n) is 3.36. The molecule has 0 atom stereocenters. The van der Waals surface area contributed by atoms with Gasteiger partial charge in [0.15, 0.2) is 5.78 Å². The Balaban J connectivity index is 1.87. The molecule has 2 heteroatoms. The van der Waals surface area contributed by atoms with Crippen LogP contribution < -0.4 is 0 Å². The van der Waals surface area contributed by atoms with Gasteiger partial charge in [-0.05, 0) is 45.9 Å². The molecule has 0 bridgehead atoms. The van der Waals surface area contributed by atoms with E-state index in [1.54, 1.807) is 0 Å². The summed E-state index contributed by atoms with van der Waals surface area (Å²) >= 11 is 2.29. The smallest absolute Gasteiger partial charge is 0.193 e. The number of hydrogen-bond acceptors (Lipinski definition) is 1. The second-order valence-corrected chi connectivity index (χ2v) is 6.03. The lowest BCUT2D eigenvalue weighted by molar-refractivity contribution is 0.103. The molecule has 0 spiro atoms. The summed E-state index contributed by atoms with van der Waals surface area (Å²) < 4.78 is 1.22. The Morgan fingerprint density at radius 1 is 0.619 bits per heavy atom. The predicted molar refractivity (Wildman–Crippen MR) is 94.5 cm³/mol. The average molecular weight is 384 g/mol. The molecule has 0 saturated carbocycles. The van der Waals surface area contributed by atoms with Crippen molar-refractivity contribution in [1.29, 1.82) is 0 Å². The molecule has 3 aromatic carbocycles. The van der Waals surface area contributed by atoms with Crippen LogP contribution >= 0.6 is 22.6 Å². The number of carbonyl (C=O) groups is 1. The van der Waals surface area contributed by atoms with Gasteiger partial charge in [0.1, 0.15) is 0 Å². The highest BCUT2D eigenvalue weighted by molar-refractivity contribution is 14.1. The maximum absolute atomic E-state index is 12.3. The molecule has 0 aliphatic heterocycles. The minimum atomic E-state index is 0.0600. The summed E-state index contributed by atoms with van der Waals surface area (Å²) in [6.07, 6.45) is 0. The van der Waals surface area contributed by atoms with E-state index in [1.165, 1.54) is 3.57 Å². The van der Waals surface area contributed by atoms with Crippen molar-refractivity contribution in [2.24, 2.45) is 0 Å². The maximum atomic E-state index is 12.3. The molecule has 0 unspecified atom stereocenters. The van der Waals surface area contributed by atoms with Crippen LogP contribution in [0, 0.1) is 3.57 Å². The topological polar surface area (TPSA) is 17.1 Å². The van der Waals surface area contributed by atoms with E-state index in [0.717, 1.165) is 22.3 Å². The molecule has 0 fully saturated rings. The quantitative estimate of drug-likeness (QED) is 0.449. The molecule has 21 heavy (non-hydrogen) atoms. The number of carbonyl (C=O) groups excluding carboxylic acids is 1. The monoisotopic (exact) mass is 384 g/mol. The Bertz CT molecular complexity index is 744. The van der Waals surface area contributed by atoms with Crippen molar-refractivity contribution in [2.45, 2.75) is 0 Å². The second kappa shape index (κ2) is 6.22. The molecule has 0 aliphatic rings. The average Bonchev–Trinajstić information content (AvgIpc) is 2.56. The molecule has 0 aromatic heterocycles.